The lowest BCUT2D eigenvalue weighted by Gasteiger charge is -2.04. The molecule has 0 atom stereocenters. The van der Waals surface area contributed by atoms with Crippen molar-refractivity contribution in [1.29, 1.82) is 0 Å². The summed E-state index contributed by atoms with van der Waals surface area (Å²) in [6.45, 7) is 0. The Morgan fingerprint density at radius 3 is 2.46 bits per heavy atom. The standard InChI is InChI=1S/C18H15N5O3S2/c1-28(24,25)23-14-7-5-11(6-8-14)15-10-27-17(20-15)13-4-2-3-12(9-13)16-21-22-18(19)26-16/h2-10,23H,1H3,(H2,19,22). The fourth-order valence-corrected chi connectivity index (χ4v) is 3.99. The first kappa shape index (κ1) is 18.1. The van der Waals surface area contributed by atoms with Crippen LogP contribution in [0, 0.1) is 0 Å². The van der Waals surface area contributed by atoms with E-state index in [1.54, 1.807) is 12.1 Å². The third-order valence-electron chi connectivity index (χ3n) is 3.79. The van der Waals surface area contributed by atoms with Gasteiger partial charge in [-0.05, 0) is 24.3 Å². The van der Waals surface area contributed by atoms with Crippen LogP contribution >= 0.6 is 11.3 Å². The highest BCUT2D eigenvalue weighted by atomic mass is 32.2. The molecule has 0 saturated heterocycles. The largest absolute Gasteiger partial charge is 0.404 e. The lowest BCUT2D eigenvalue weighted by atomic mass is 10.1. The van der Waals surface area contributed by atoms with Gasteiger partial charge >= 0.3 is 6.01 Å². The summed E-state index contributed by atoms with van der Waals surface area (Å²) >= 11 is 1.51. The predicted octanol–water partition coefficient (Wildman–Crippen LogP) is 3.48. The van der Waals surface area contributed by atoms with Crippen molar-refractivity contribution >= 4 is 33.1 Å². The van der Waals surface area contributed by atoms with Crippen LogP contribution in [0.4, 0.5) is 11.7 Å². The molecule has 2 heterocycles. The van der Waals surface area contributed by atoms with Crippen LogP contribution in [0.25, 0.3) is 33.3 Å². The maximum atomic E-state index is 11.3. The van der Waals surface area contributed by atoms with E-state index in [1.807, 2.05) is 41.8 Å². The molecule has 0 fully saturated rings. The van der Waals surface area contributed by atoms with Gasteiger partial charge < -0.3 is 10.2 Å². The van der Waals surface area contributed by atoms with Gasteiger partial charge in [-0.25, -0.2) is 13.4 Å². The Labute approximate surface area is 165 Å². The van der Waals surface area contributed by atoms with Crippen molar-refractivity contribution in [3.8, 4) is 33.3 Å². The number of hydrogen-bond donors (Lipinski definition) is 2. The molecule has 8 nitrogen and oxygen atoms in total. The second kappa shape index (κ2) is 7.06. The highest BCUT2D eigenvalue weighted by Crippen LogP contribution is 2.31. The molecule has 4 aromatic rings. The van der Waals surface area contributed by atoms with Crippen LogP contribution in [0.3, 0.4) is 0 Å². The molecule has 0 spiro atoms. The summed E-state index contributed by atoms with van der Waals surface area (Å²) in [6, 6.07) is 14.7. The normalized spacial score (nSPS) is 11.5. The van der Waals surface area contributed by atoms with E-state index in [2.05, 4.69) is 19.9 Å². The number of sulfonamides is 1. The number of anilines is 2. The van der Waals surface area contributed by atoms with E-state index in [4.69, 9.17) is 10.2 Å². The van der Waals surface area contributed by atoms with Crippen molar-refractivity contribution in [2.24, 2.45) is 0 Å². The number of nitrogens with two attached hydrogens (primary N) is 1. The van der Waals surface area contributed by atoms with Gasteiger partial charge in [0.15, 0.2) is 0 Å². The second-order valence-electron chi connectivity index (χ2n) is 6.02. The Morgan fingerprint density at radius 1 is 1.04 bits per heavy atom. The summed E-state index contributed by atoms with van der Waals surface area (Å²) in [6.07, 6.45) is 1.12. The number of aromatic nitrogens is 3. The van der Waals surface area contributed by atoms with E-state index in [1.165, 1.54) is 11.3 Å². The maximum absolute atomic E-state index is 11.3. The average Bonchev–Trinajstić information content (AvgIpc) is 3.31. The highest BCUT2D eigenvalue weighted by Gasteiger charge is 2.11. The number of nitrogen functional groups attached to an aromatic ring is 1. The van der Waals surface area contributed by atoms with Crippen LogP contribution in [0.1, 0.15) is 0 Å². The number of nitrogens with zero attached hydrogens (tertiary/aromatic N) is 3. The molecular formula is C18H15N5O3S2. The van der Waals surface area contributed by atoms with E-state index in [0.29, 0.717) is 11.6 Å². The molecule has 0 radical (unpaired) electrons. The smallest absolute Gasteiger partial charge is 0.313 e. The molecule has 4 rings (SSSR count). The minimum absolute atomic E-state index is 0.0192. The van der Waals surface area contributed by atoms with E-state index in [-0.39, 0.29) is 6.01 Å². The number of thiazole rings is 1. The summed E-state index contributed by atoms with van der Waals surface area (Å²) in [4.78, 5) is 4.68. The van der Waals surface area contributed by atoms with Crippen molar-refractivity contribution in [3.63, 3.8) is 0 Å². The first-order valence-corrected chi connectivity index (χ1v) is 10.9. The molecule has 0 unspecified atom stereocenters. The molecule has 0 aliphatic rings. The summed E-state index contributed by atoms with van der Waals surface area (Å²) < 4.78 is 30.3. The molecule has 10 heteroatoms. The minimum atomic E-state index is -3.30. The Kier molecular flexibility index (Phi) is 4.57. The van der Waals surface area contributed by atoms with E-state index >= 15 is 0 Å². The van der Waals surface area contributed by atoms with Crippen LogP contribution in [0.2, 0.25) is 0 Å². The first-order valence-electron chi connectivity index (χ1n) is 8.11. The van der Waals surface area contributed by atoms with Gasteiger partial charge in [0, 0.05) is 27.8 Å². The van der Waals surface area contributed by atoms with Crippen molar-refractivity contribution < 1.29 is 12.8 Å². The van der Waals surface area contributed by atoms with Gasteiger partial charge in [0.1, 0.15) is 5.01 Å². The predicted molar refractivity (Wildman–Crippen MR) is 109 cm³/mol. The van der Waals surface area contributed by atoms with Gasteiger partial charge in [0.05, 0.1) is 11.9 Å². The lowest BCUT2D eigenvalue weighted by molar-refractivity contribution is 0.590. The van der Waals surface area contributed by atoms with E-state index < -0.39 is 10.0 Å². The quantitative estimate of drug-likeness (QED) is 0.513. The topological polar surface area (TPSA) is 124 Å². The van der Waals surface area contributed by atoms with E-state index in [0.717, 1.165) is 33.6 Å². The van der Waals surface area contributed by atoms with E-state index in [9.17, 15) is 8.42 Å². The van der Waals surface area contributed by atoms with Crippen molar-refractivity contribution in [2.45, 2.75) is 0 Å². The molecule has 28 heavy (non-hydrogen) atoms. The zero-order valence-electron chi connectivity index (χ0n) is 14.7. The van der Waals surface area contributed by atoms with Gasteiger partial charge in [-0.3, -0.25) is 4.72 Å². The van der Waals surface area contributed by atoms with Crippen LogP contribution in [0.5, 0.6) is 0 Å². The molecular weight excluding hydrogens is 398 g/mol. The van der Waals surface area contributed by atoms with Gasteiger partial charge in [-0.1, -0.05) is 29.4 Å². The second-order valence-corrected chi connectivity index (χ2v) is 8.62. The monoisotopic (exact) mass is 413 g/mol. The number of nitrogens with one attached hydrogen (secondary N) is 1. The molecule has 0 aliphatic heterocycles. The highest BCUT2D eigenvalue weighted by molar-refractivity contribution is 7.92. The number of benzene rings is 2. The van der Waals surface area contributed by atoms with Gasteiger partial charge in [0.25, 0.3) is 0 Å². The Hall–Kier alpha value is -3.24. The number of rotatable bonds is 5. The minimum Gasteiger partial charge on any atom is -0.404 e. The fourth-order valence-electron chi connectivity index (χ4n) is 2.60. The number of hydrogen-bond acceptors (Lipinski definition) is 8. The molecule has 2 aromatic carbocycles. The maximum Gasteiger partial charge on any atom is 0.313 e. The first-order chi connectivity index (χ1) is 13.4. The summed E-state index contributed by atoms with van der Waals surface area (Å²) in [7, 11) is -3.30. The van der Waals surface area contributed by atoms with Crippen LogP contribution < -0.4 is 10.5 Å². The Balaban J connectivity index is 1.59. The SMILES string of the molecule is CS(=O)(=O)Nc1ccc(-c2csc(-c3cccc(-c4nnc(N)o4)c3)n2)cc1. The molecule has 0 amide bonds. The summed E-state index contributed by atoms with van der Waals surface area (Å²) in [5.74, 6) is 0.352. The van der Waals surface area contributed by atoms with Crippen LogP contribution in [-0.4, -0.2) is 29.9 Å². The van der Waals surface area contributed by atoms with Gasteiger partial charge in [-0.2, -0.15) is 0 Å². The molecule has 3 N–H and O–H groups in total. The molecule has 142 valence electrons. The fraction of sp³-hybridized carbons (Fsp3) is 0.0556. The molecule has 0 aliphatic carbocycles. The molecule has 0 bridgehead atoms. The van der Waals surface area contributed by atoms with Crippen LogP contribution in [-0.2, 0) is 10.0 Å². The lowest BCUT2D eigenvalue weighted by Crippen LogP contribution is -2.09. The van der Waals surface area contributed by atoms with Crippen molar-refractivity contribution in [1.82, 2.24) is 15.2 Å². The van der Waals surface area contributed by atoms with Crippen LogP contribution in [0.15, 0.2) is 58.3 Å². The Bertz CT molecular complexity index is 1230. The Morgan fingerprint density at radius 2 is 1.79 bits per heavy atom. The average molecular weight is 413 g/mol. The zero-order valence-corrected chi connectivity index (χ0v) is 16.3. The van der Waals surface area contributed by atoms with Gasteiger partial charge in [-0.15, -0.1) is 16.4 Å². The molecule has 0 saturated carbocycles. The summed E-state index contributed by atoms with van der Waals surface area (Å²) in [5.41, 5.74) is 9.37. The molecule has 2 aromatic heterocycles. The summed E-state index contributed by atoms with van der Waals surface area (Å²) in [5, 5.41) is 10.4. The van der Waals surface area contributed by atoms with Crippen molar-refractivity contribution in [2.75, 3.05) is 16.7 Å². The third-order valence-corrected chi connectivity index (χ3v) is 5.28. The third kappa shape index (κ3) is 4.02. The van der Waals surface area contributed by atoms with Gasteiger partial charge in [0.2, 0.25) is 15.9 Å². The van der Waals surface area contributed by atoms with Crippen molar-refractivity contribution in [3.05, 3.63) is 53.9 Å². The zero-order chi connectivity index (χ0) is 19.7.